The Bertz CT molecular complexity index is 371. The first-order valence-electron chi connectivity index (χ1n) is 4.98. The van der Waals surface area contributed by atoms with Crippen LogP contribution < -0.4 is 10.6 Å². The molecule has 1 aromatic carbocycles. The number of benzene rings is 1. The van der Waals surface area contributed by atoms with Crippen molar-refractivity contribution in [3.63, 3.8) is 0 Å². The zero-order valence-electron chi connectivity index (χ0n) is 9.02. The monoisotopic (exact) mass is 288 g/mol. The predicted octanol–water partition coefficient (Wildman–Crippen LogP) is 1.81. The molecule has 16 heavy (non-hydrogen) atoms. The van der Waals surface area contributed by atoms with E-state index in [-0.39, 0.29) is 11.7 Å². The molecular formula is C11H14BrFN2O. The van der Waals surface area contributed by atoms with Gasteiger partial charge < -0.3 is 10.6 Å². The van der Waals surface area contributed by atoms with Gasteiger partial charge in [-0.3, -0.25) is 4.79 Å². The van der Waals surface area contributed by atoms with Gasteiger partial charge in [-0.1, -0.05) is 15.9 Å². The molecule has 1 rings (SSSR count). The molecule has 0 atom stereocenters. The Labute approximate surface area is 103 Å². The number of halogens is 2. The van der Waals surface area contributed by atoms with Crippen molar-refractivity contribution in [1.82, 2.24) is 10.6 Å². The molecule has 0 saturated carbocycles. The Morgan fingerprint density at radius 2 is 2.19 bits per heavy atom. The molecule has 0 heterocycles. The Hall–Kier alpha value is -0.940. The predicted molar refractivity (Wildman–Crippen MR) is 64.5 cm³/mol. The number of hydrogen-bond donors (Lipinski definition) is 2. The standard InChI is InChI=1S/C11H14BrFN2O/c1-8(16)15-5-4-14-7-9-6-10(12)2-3-11(9)13/h2-3,6,14H,4-5,7H2,1H3,(H,15,16). The van der Waals surface area contributed by atoms with Gasteiger partial charge in [0.15, 0.2) is 0 Å². The van der Waals surface area contributed by atoms with Gasteiger partial charge in [-0.2, -0.15) is 0 Å². The van der Waals surface area contributed by atoms with E-state index in [0.29, 0.717) is 25.2 Å². The normalized spacial score (nSPS) is 10.2. The van der Waals surface area contributed by atoms with E-state index in [0.717, 1.165) is 4.47 Å². The molecule has 3 nitrogen and oxygen atoms in total. The van der Waals surface area contributed by atoms with Crippen LogP contribution in [0.15, 0.2) is 22.7 Å². The summed E-state index contributed by atoms with van der Waals surface area (Å²) in [5.74, 6) is -0.286. The third kappa shape index (κ3) is 4.72. The lowest BCUT2D eigenvalue weighted by atomic mass is 10.2. The number of carbonyl (C=O) groups excluding carboxylic acids is 1. The number of carbonyl (C=O) groups is 1. The Kier molecular flexibility index (Phi) is 5.42. The SMILES string of the molecule is CC(=O)NCCNCc1cc(Br)ccc1F. The maximum absolute atomic E-state index is 13.3. The second kappa shape index (κ2) is 6.60. The summed E-state index contributed by atoms with van der Waals surface area (Å²) in [6.07, 6.45) is 0. The lowest BCUT2D eigenvalue weighted by Gasteiger charge is -2.06. The van der Waals surface area contributed by atoms with Gasteiger partial charge in [0.25, 0.3) is 0 Å². The quantitative estimate of drug-likeness (QED) is 0.812. The van der Waals surface area contributed by atoms with E-state index in [2.05, 4.69) is 26.6 Å². The van der Waals surface area contributed by atoms with E-state index < -0.39 is 0 Å². The zero-order valence-corrected chi connectivity index (χ0v) is 10.6. The first-order chi connectivity index (χ1) is 7.59. The molecule has 0 spiro atoms. The van der Waals surface area contributed by atoms with Crippen molar-refractivity contribution >= 4 is 21.8 Å². The smallest absolute Gasteiger partial charge is 0.216 e. The van der Waals surface area contributed by atoms with Gasteiger partial charge >= 0.3 is 0 Å². The second-order valence-corrected chi connectivity index (χ2v) is 4.31. The fraction of sp³-hybridized carbons (Fsp3) is 0.364. The summed E-state index contributed by atoms with van der Waals surface area (Å²) in [6.45, 7) is 3.08. The molecule has 0 aromatic heterocycles. The van der Waals surface area contributed by atoms with Crippen LogP contribution >= 0.6 is 15.9 Å². The van der Waals surface area contributed by atoms with Gasteiger partial charge in [-0.25, -0.2) is 4.39 Å². The van der Waals surface area contributed by atoms with Gasteiger partial charge in [-0.05, 0) is 18.2 Å². The van der Waals surface area contributed by atoms with Crippen molar-refractivity contribution in [2.24, 2.45) is 0 Å². The van der Waals surface area contributed by atoms with Crippen LogP contribution in [0.3, 0.4) is 0 Å². The summed E-state index contributed by atoms with van der Waals surface area (Å²) in [5.41, 5.74) is 0.609. The molecule has 1 aromatic rings. The molecule has 0 bridgehead atoms. The van der Waals surface area contributed by atoms with Crippen LogP contribution in [-0.2, 0) is 11.3 Å². The van der Waals surface area contributed by atoms with Crippen LogP contribution in [0.25, 0.3) is 0 Å². The molecule has 2 N–H and O–H groups in total. The highest BCUT2D eigenvalue weighted by atomic mass is 79.9. The molecule has 5 heteroatoms. The molecule has 0 fully saturated rings. The van der Waals surface area contributed by atoms with Crippen LogP contribution in [0, 0.1) is 5.82 Å². The second-order valence-electron chi connectivity index (χ2n) is 3.40. The van der Waals surface area contributed by atoms with E-state index in [9.17, 15) is 9.18 Å². The highest BCUT2D eigenvalue weighted by Gasteiger charge is 2.01. The highest BCUT2D eigenvalue weighted by molar-refractivity contribution is 9.10. The van der Waals surface area contributed by atoms with Crippen LogP contribution in [0.4, 0.5) is 4.39 Å². The van der Waals surface area contributed by atoms with Crippen LogP contribution in [-0.4, -0.2) is 19.0 Å². The van der Waals surface area contributed by atoms with E-state index in [1.807, 2.05) is 0 Å². The zero-order chi connectivity index (χ0) is 12.0. The molecule has 0 unspecified atom stereocenters. The average molecular weight is 289 g/mol. The third-order valence-corrected chi connectivity index (χ3v) is 2.49. The van der Waals surface area contributed by atoms with Crippen molar-refractivity contribution < 1.29 is 9.18 Å². The van der Waals surface area contributed by atoms with E-state index in [1.165, 1.54) is 13.0 Å². The summed E-state index contributed by atoms with van der Waals surface area (Å²) >= 11 is 3.29. The van der Waals surface area contributed by atoms with Crippen LogP contribution in [0.1, 0.15) is 12.5 Å². The largest absolute Gasteiger partial charge is 0.355 e. The Morgan fingerprint density at radius 3 is 2.88 bits per heavy atom. The Morgan fingerprint density at radius 1 is 1.44 bits per heavy atom. The molecule has 0 aliphatic rings. The van der Waals surface area contributed by atoms with Crippen molar-refractivity contribution in [3.8, 4) is 0 Å². The van der Waals surface area contributed by atoms with Gasteiger partial charge in [0.1, 0.15) is 5.82 Å². The summed E-state index contributed by atoms with van der Waals surface area (Å²) < 4.78 is 14.1. The van der Waals surface area contributed by atoms with Crippen molar-refractivity contribution in [2.45, 2.75) is 13.5 Å². The van der Waals surface area contributed by atoms with E-state index >= 15 is 0 Å². The topological polar surface area (TPSA) is 41.1 Å². The van der Waals surface area contributed by atoms with Crippen molar-refractivity contribution in [1.29, 1.82) is 0 Å². The molecule has 0 aliphatic heterocycles. The molecular weight excluding hydrogens is 275 g/mol. The number of rotatable bonds is 5. The minimum Gasteiger partial charge on any atom is -0.355 e. The van der Waals surface area contributed by atoms with Gasteiger partial charge in [0, 0.05) is 36.6 Å². The molecule has 88 valence electrons. The average Bonchev–Trinajstić information content (AvgIpc) is 2.22. The van der Waals surface area contributed by atoms with Crippen molar-refractivity contribution in [3.05, 3.63) is 34.1 Å². The summed E-state index contributed by atoms with van der Waals surface area (Å²) in [7, 11) is 0. The maximum Gasteiger partial charge on any atom is 0.216 e. The van der Waals surface area contributed by atoms with Crippen LogP contribution in [0.5, 0.6) is 0 Å². The third-order valence-electron chi connectivity index (χ3n) is 2.00. The van der Waals surface area contributed by atoms with E-state index in [4.69, 9.17) is 0 Å². The van der Waals surface area contributed by atoms with Gasteiger partial charge in [0.2, 0.25) is 5.91 Å². The number of amides is 1. The van der Waals surface area contributed by atoms with Gasteiger partial charge in [0.05, 0.1) is 0 Å². The summed E-state index contributed by atoms with van der Waals surface area (Å²) in [5, 5.41) is 5.70. The molecule has 0 aliphatic carbocycles. The molecule has 1 amide bonds. The fourth-order valence-corrected chi connectivity index (χ4v) is 1.64. The highest BCUT2D eigenvalue weighted by Crippen LogP contribution is 2.15. The minimum absolute atomic E-state index is 0.0598. The van der Waals surface area contributed by atoms with Gasteiger partial charge in [-0.15, -0.1) is 0 Å². The first kappa shape index (κ1) is 13.1. The first-order valence-corrected chi connectivity index (χ1v) is 5.78. The summed E-state index contributed by atoms with van der Waals surface area (Å²) in [6, 6.07) is 4.83. The number of hydrogen-bond acceptors (Lipinski definition) is 2. The fourth-order valence-electron chi connectivity index (χ4n) is 1.23. The number of nitrogens with one attached hydrogen (secondary N) is 2. The lowest BCUT2D eigenvalue weighted by molar-refractivity contribution is -0.118. The van der Waals surface area contributed by atoms with Crippen LogP contribution in [0.2, 0.25) is 0 Å². The molecule has 0 radical (unpaired) electrons. The minimum atomic E-state index is -0.227. The molecule has 0 saturated heterocycles. The lowest BCUT2D eigenvalue weighted by Crippen LogP contribution is -2.30. The Balaban J connectivity index is 2.31. The maximum atomic E-state index is 13.3. The summed E-state index contributed by atoms with van der Waals surface area (Å²) in [4.78, 5) is 10.6. The van der Waals surface area contributed by atoms with E-state index in [1.54, 1.807) is 12.1 Å². The van der Waals surface area contributed by atoms with Crippen molar-refractivity contribution in [2.75, 3.05) is 13.1 Å².